The maximum absolute atomic E-state index is 12.5. The Morgan fingerprint density at radius 1 is 1.20 bits per heavy atom. The first-order valence-electron chi connectivity index (χ1n) is 7.80. The monoisotopic (exact) mass is 392 g/mol. The highest BCUT2D eigenvalue weighted by molar-refractivity contribution is 7.89. The number of carbonyl (C=O) groups excluding carboxylic acids is 1. The molecular formula is C16H25ClN2O5S. The predicted molar refractivity (Wildman–Crippen MR) is 96.6 cm³/mol. The van der Waals surface area contributed by atoms with Crippen LogP contribution in [0.4, 0.5) is 0 Å². The highest BCUT2D eigenvalue weighted by Gasteiger charge is 2.33. The van der Waals surface area contributed by atoms with Gasteiger partial charge in [0.05, 0.1) is 24.2 Å². The molecule has 142 valence electrons. The third-order valence-electron chi connectivity index (χ3n) is 4.34. The third-order valence-corrected chi connectivity index (χ3v) is 5.75. The number of sulfonamides is 1. The van der Waals surface area contributed by atoms with Crippen LogP contribution in [0.15, 0.2) is 29.2 Å². The molecule has 25 heavy (non-hydrogen) atoms. The molecule has 0 aromatic heterocycles. The van der Waals surface area contributed by atoms with Gasteiger partial charge in [0.1, 0.15) is 0 Å². The van der Waals surface area contributed by atoms with Crippen LogP contribution in [0.25, 0.3) is 0 Å². The van der Waals surface area contributed by atoms with Crippen molar-refractivity contribution in [3.05, 3.63) is 29.8 Å². The molecule has 0 aliphatic carbocycles. The van der Waals surface area contributed by atoms with Gasteiger partial charge in [-0.2, -0.15) is 0 Å². The van der Waals surface area contributed by atoms with Gasteiger partial charge in [0.25, 0.3) is 0 Å². The van der Waals surface area contributed by atoms with Crippen LogP contribution in [0.1, 0.15) is 23.2 Å². The van der Waals surface area contributed by atoms with Crippen molar-refractivity contribution in [1.82, 2.24) is 10.0 Å². The van der Waals surface area contributed by atoms with Gasteiger partial charge in [-0.1, -0.05) is 0 Å². The minimum absolute atomic E-state index is 0. The summed E-state index contributed by atoms with van der Waals surface area (Å²) in [6, 6.07) is 5.69. The smallest absolute Gasteiger partial charge is 0.337 e. The first kappa shape index (κ1) is 21.9. The first-order chi connectivity index (χ1) is 11.4. The van der Waals surface area contributed by atoms with Crippen molar-refractivity contribution in [2.24, 2.45) is 5.41 Å². The molecule has 0 bridgehead atoms. The summed E-state index contributed by atoms with van der Waals surface area (Å²) < 4.78 is 37.6. The standard InChI is InChI=1S/C16H24N2O5S.ClH/c1-22-12-16(7-9-17-10-8-16)11-18-24(20,21)14-5-3-13(4-6-14)15(19)23-2;/h3-6,17-18H,7-12H2,1-2H3;1H. The number of hydrogen-bond acceptors (Lipinski definition) is 6. The molecule has 2 N–H and O–H groups in total. The number of ether oxygens (including phenoxy) is 2. The molecule has 1 aromatic carbocycles. The molecule has 0 radical (unpaired) electrons. The van der Waals surface area contributed by atoms with E-state index in [2.05, 4.69) is 14.8 Å². The second-order valence-corrected chi connectivity index (χ2v) is 7.79. The van der Waals surface area contributed by atoms with Crippen LogP contribution in [-0.2, 0) is 19.5 Å². The van der Waals surface area contributed by atoms with E-state index in [1.54, 1.807) is 7.11 Å². The number of halogens is 1. The highest BCUT2D eigenvalue weighted by atomic mass is 35.5. The number of benzene rings is 1. The lowest BCUT2D eigenvalue weighted by atomic mass is 9.80. The fourth-order valence-electron chi connectivity index (χ4n) is 2.85. The molecular weight excluding hydrogens is 368 g/mol. The number of hydrogen-bond donors (Lipinski definition) is 2. The van der Waals surface area contributed by atoms with Crippen LogP contribution in [0, 0.1) is 5.41 Å². The van der Waals surface area contributed by atoms with E-state index >= 15 is 0 Å². The molecule has 2 rings (SSSR count). The normalized spacial score (nSPS) is 16.7. The van der Waals surface area contributed by atoms with Gasteiger partial charge >= 0.3 is 5.97 Å². The number of methoxy groups -OCH3 is 2. The number of carbonyl (C=O) groups is 1. The van der Waals surface area contributed by atoms with Gasteiger partial charge in [0, 0.05) is 19.1 Å². The summed E-state index contributed by atoms with van der Waals surface area (Å²) in [6.45, 7) is 2.53. The molecule has 1 fully saturated rings. The van der Waals surface area contributed by atoms with Gasteiger partial charge in [-0.15, -0.1) is 12.4 Å². The molecule has 1 aliphatic rings. The molecule has 0 unspecified atom stereocenters. The van der Waals surface area contributed by atoms with Crippen molar-refractivity contribution >= 4 is 28.4 Å². The maximum Gasteiger partial charge on any atom is 0.337 e. The van der Waals surface area contributed by atoms with Crippen molar-refractivity contribution < 1.29 is 22.7 Å². The van der Waals surface area contributed by atoms with Gasteiger partial charge in [-0.05, 0) is 50.2 Å². The average Bonchev–Trinajstić information content (AvgIpc) is 2.61. The molecule has 7 nitrogen and oxygen atoms in total. The van der Waals surface area contributed by atoms with E-state index in [1.807, 2.05) is 0 Å². The summed E-state index contributed by atoms with van der Waals surface area (Å²) in [6.07, 6.45) is 1.70. The summed E-state index contributed by atoms with van der Waals surface area (Å²) in [7, 11) is -0.734. The minimum atomic E-state index is -3.64. The zero-order valence-electron chi connectivity index (χ0n) is 14.4. The Kier molecular flexibility index (Phi) is 8.30. The topological polar surface area (TPSA) is 93.7 Å². The van der Waals surface area contributed by atoms with Gasteiger partial charge in [0.15, 0.2) is 0 Å². The van der Waals surface area contributed by atoms with E-state index in [-0.39, 0.29) is 22.7 Å². The molecule has 1 aromatic rings. The molecule has 9 heteroatoms. The Hall–Kier alpha value is -1.19. The highest BCUT2D eigenvalue weighted by Crippen LogP contribution is 2.28. The van der Waals surface area contributed by atoms with Gasteiger partial charge < -0.3 is 14.8 Å². The lowest BCUT2D eigenvalue weighted by molar-refractivity contribution is 0.0577. The zero-order chi connectivity index (χ0) is 17.6. The van der Waals surface area contributed by atoms with Crippen LogP contribution in [0.3, 0.4) is 0 Å². The van der Waals surface area contributed by atoms with Crippen molar-refractivity contribution in [2.45, 2.75) is 17.7 Å². The van der Waals surface area contributed by atoms with Crippen LogP contribution >= 0.6 is 12.4 Å². The lowest BCUT2D eigenvalue weighted by Crippen LogP contribution is -2.47. The van der Waals surface area contributed by atoms with Gasteiger partial charge in [-0.25, -0.2) is 17.9 Å². The van der Waals surface area contributed by atoms with E-state index in [0.29, 0.717) is 18.7 Å². The summed E-state index contributed by atoms with van der Waals surface area (Å²) >= 11 is 0. The van der Waals surface area contributed by atoms with Crippen LogP contribution < -0.4 is 10.0 Å². The summed E-state index contributed by atoms with van der Waals surface area (Å²) in [4.78, 5) is 11.5. The van der Waals surface area contributed by atoms with Crippen molar-refractivity contribution in [3.8, 4) is 0 Å². The molecule has 1 heterocycles. The van der Waals surface area contributed by atoms with Gasteiger partial charge in [0.2, 0.25) is 10.0 Å². The lowest BCUT2D eigenvalue weighted by Gasteiger charge is -2.37. The molecule has 0 atom stereocenters. The number of piperidine rings is 1. The van der Waals surface area contributed by atoms with Crippen LogP contribution in [-0.4, -0.2) is 54.8 Å². The molecule has 1 saturated heterocycles. The minimum Gasteiger partial charge on any atom is -0.465 e. The second-order valence-electron chi connectivity index (χ2n) is 6.02. The van der Waals surface area contributed by atoms with E-state index < -0.39 is 16.0 Å². The molecule has 1 aliphatic heterocycles. The number of rotatable bonds is 7. The maximum atomic E-state index is 12.5. The van der Waals surface area contributed by atoms with Crippen molar-refractivity contribution in [3.63, 3.8) is 0 Å². The summed E-state index contributed by atoms with van der Waals surface area (Å²) in [5, 5.41) is 3.27. The fourth-order valence-corrected chi connectivity index (χ4v) is 4.01. The Morgan fingerprint density at radius 3 is 2.32 bits per heavy atom. The first-order valence-corrected chi connectivity index (χ1v) is 9.28. The quantitative estimate of drug-likeness (QED) is 0.677. The summed E-state index contributed by atoms with van der Waals surface area (Å²) in [5.41, 5.74) is 0.115. The molecule has 0 spiro atoms. The van der Waals surface area contributed by atoms with E-state index in [4.69, 9.17) is 4.74 Å². The Labute approximate surface area is 154 Å². The Balaban J connectivity index is 0.00000312. The fraction of sp³-hybridized carbons (Fsp3) is 0.562. The van der Waals surface area contributed by atoms with Crippen LogP contribution in [0.2, 0.25) is 0 Å². The van der Waals surface area contributed by atoms with Crippen molar-refractivity contribution in [2.75, 3.05) is 40.5 Å². The van der Waals surface area contributed by atoms with Gasteiger partial charge in [-0.3, -0.25) is 0 Å². The largest absolute Gasteiger partial charge is 0.465 e. The SMILES string of the molecule is COCC1(CNS(=O)(=O)c2ccc(C(=O)OC)cc2)CCNCC1.Cl. The second kappa shape index (κ2) is 9.49. The Morgan fingerprint density at radius 2 is 1.80 bits per heavy atom. The van der Waals surface area contributed by atoms with Crippen LogP contribution in [0.5, 0.6) is 0 Å². The number of esters is 1. The molecule has 0 amide bonds. The molecule has 0 saturated carbocycles. The number of nitrogens with one attached hydrogen (secondary N) is 2. The van der Waals surface area contributed by atoms with E-state index in [1.165, 1.54) is 31.4 Å². The predicted octanol–water partition coefficient (Wildman–Crippen LogP) is 1.19. The third kappa shape index (κ3) is 5.65. The Bertz CT molecular complexity index is 652. The zero-order valence-corrected chi connectivity index (χ0v) is 16.0. The van der Waals surface area contributed by atoms with E-state index in [9.17, 15) is 13.2 Å². The van der Waals surface area contributed by atoms with Crippen molar-refractivity contribution in [1.29, 1.82) is 0 Å². The average molecular weight is 393 g/mol. The summed E-state index contributed by atoms with van der Waals surface area (Å²) in [5.74, 6) is -0.499. The van der Waals surface area contributed by atoms with E-state index in [0.717, 1.165) is 25.9 Å².